The van der Waals surface area contributed by atoms with E-state index in [1.54, 1.807) is 25.5 Å². The maximum atomic E-state index is 15.3. The van der Waals surface area contributed by atoms with E-state index in [0.717, 1.165) is 63.0 Å². The molecule has 0 unspecified atom stereocenters. The molecule has 1 aliphatic carbocycles. The van der Waals surface area contributed by atoms with E-state index >= 15 is 4.39 Å². The summed E-state index contributed by atoms with van der Waals surface area (Å²) < 4.78 is 22.6. The number of carboxylic acids is 1. The van der Waals surface area contributed by atoms with E-state index in [9.17, 15) is 9.59 Å². The van der Waals surface area contributed by atoms with Crippen LogP contribution in [0, 0.1) is 19.7 Å². The number of hydrogen-bond donors (Lipinski definition) is 1. The van der Waals surface area contributed by atoms with Gasteiger partial charge in [0.2, 0.25) is 0 Å². The van der Waals surface area contributed by atoms with Crippen LogP contribution in [0.1, 0.15) is 58.2 Å². The zero-order valence-electron chi connectivity index (χ0n) is 22.7. The Kier molecular flexibility index (Phi) is 6.49. The number of hydrogen-bond acceptors (Lipinski definition) is 5. The maximum absolute atomic E-state index is 15.3. The van der Waals surface area contributed by atoms with Crippen LogP contribution in [0.2, 0.25) is 0 Å². The summed E-state index contributed by atoms with van der Waals surface area (Å²) in [6.45, 7) is 4.42. The van der Waals surface area contributed by atoms with Crippen LogP contribution in [0.25, 0.3) is 22.4 Å². The first-order valence-corrected chi connectivity index (χ1v) is 13.5. The third-order valence-electron chi connectivity index (χ3n) is 8.23. The molecule has 3 heterocycles. The van der Waals surface area contributed by atoms with Gasteiger partial charge in [0.25, 0.3) is 0 Å². The summed E-state index contributed by atoms with van der Waals surface area (Å²) >= 11 is 0. The summed E-state index contributed by atoms with van der Waals surface area (Å²) in [5.74, 6) is -0.581. The lowest BCUT2D eigenvalue weighted by Gasteiger charge is -2.18. The number of ether oxygens (including phenoxy) is 1. The van der Waals surface area contributed by atoms with Crippen LogP contribution in [0.3, 0.4) is 0 Å². The molecule has 1 aliphatic heterocycles. The standard InChI is InChI=1S/C32H30FN3O4/c1-17-10-20(27-8-9-36(3)32(39)35-27)11-18(2)30(17)23-6-7-26(33)31-19(4-5-24(23)31)12-22-14-28-25(15-34-22)21(16-40-28)13-29(37)38/h6-11,14-15,19,21H,4-5,12-13,16H2,1-3H3,(H,37,38)/t19-,21+/m0/s1. The van der Waals surface area contributed by atoms with Crippen molar-refractivity contribution in [3.63, 3.8) is 0 Å². The molecule has 2 aromatic heterocycles. The Hall–Kier alpha value is -4.33. The Morgan fingerprint density at radius 1 is 1.15 bits per heavy atom. The second-order valence-corrected chi connectivity index (χ2v) is 10.9. The summed E-state index contributed by atoms with van der Waals surface area (Å²) in [5.41, 5.74) is 8.85. The van der Waals surface area contributed by atoms with E-state index in [0.29, 0.717) is 24.5 Å². The first-order valence-electron chi connectivity index (χ1n) is 13.5. The number of carboxylic acid groups (broad SMARTS) is 1. The van der Waals surface area contributed by atoms with Crippen LogP contribution < -0.4 is 10.4 Å². The van der Waals surface area contributed by atoms with Gasteiger partial charge in [-0.1, -0.05) is 6.07 Å². The number of aliphatic carboxylic acids is 1. The van der Waals surface area contributed by atoms with Gasteiger partial charge < -0.3 is 14.4 Å². The summed E-state index contributed by atoms with van der Waals surface area (Å²) in [7, 11) is 1.67. The lowest BCUT2D eigenvalue weighted by atomic mass is 9.87. The van der Waals surface area contributed by atoms with Gasteiger partial charge >= 0.3 is 11.7 Å². The van der Waals surface area contributed by atoms with Gasteiger partial charge in [0.05, 0.1) is 18.7 Å². The lowest BCUT2D eigenvalue weighted by molar-refractivity contribution is -0.137. The monoisotopic (exact) mass is 539 g/mol. The molecule has 6 rings (SSSR count). The summed E-state index contributed by atoms with van der Waals surface area (Å²) in [6.07, 6.45) is 5.62. The van der Waals surface area contributed by atoms with E-state index in [2.05, 4.69) is 9.97 Å². The van der Waals surface area contributed by atoms with Gasteiger partial charge in [0, 0.05) is 48.2 Å². The largest absolute Gasteiger partial charge is 0.493 e. The normalized spacial score (nSPS) is 17.4. The third kappa shape index (κ3) is 4.57. The molecule has 0 spiro atoms. The number of aromatic nitrogens is 3. The van der Waals surface area contributed by atoms with Gasteiger partial charge in [-0.25, -0.2) is 9.18 Å². The lowest BCUT2D eigenvalue weighted by Crippen LogP contribution is -2.19. The van der Waals surface area contributed by atoms with Gasteiger partial charge in [0.1, 0.15) is 11.6 Å². The van der Waals surface area contributed by atoms with Crippen LogP contribution in [0.15, 0.2) is 53.6 Å². The van der Waals surface area contributed by atoms with Crippen LogP contribution in [-0.4, -0.2) is 32.2 Å². The summed E-state index contributed by atoms with van der Waals surface area (Å²) in [4.78, 5) is 32.1. The van der Waals surface area contributed by atoms with Crippen molar-refractivity contribution in [2.75, 3.05) is 6.61 Å². The molecule has 7 nitrogen and oxygen atoms in total. The average Bonchev–Trinajstić information content (AvgIpc) is 3.51. The molecule has 2 aromatic carbocycles. The van der Waals surface area contributed by atoms with Crippen molar-refractivity contribution in [2.24, 2.45) is 7.05 Å². The zero-order valence-corrected chi connectivity index (χ0v) is 22.7. The molecule has 1 N–H and O–H groups in total. The number of benzene rings is 2. The third-order valence-corrected chi connectivity index (χ3v) is 8.23. The molecule has 0 radical (unpaired) electrons. The number of carbonyl (C=O) groups is 1. The van der Waals surface area contributed by atoms with Crippen molar-refractivity contribution < 1.29 is 19.0 Å². The van der Waals surface area contributed by atoms with Crippen molar-refractivity contribution in [3.8, 4) is 28.1 Å². The molecule has 4 aromatic rings. The maximum Gasteiger partial charge on any atom is 0.347 e. The molecule has 204 valence electrons. The number of halogens is 1. The highest BCUT2D eigenvalue weighted by molar-refractivity contribution is 5.79. The van der Waals surface area contributed by atoms with Gasteiger partial charge in [-0.2, -0.15) is 4.98 Å². The highest BCUT2D eigenvalue weighted by Gasteiger charge is 2.31. The van der Waals surface area contributed by atoms with Crippen LogP contribution in [-0.2, 0) is 24.7 Å². The number of pyridine rings is 1. The number of rotatable bonds is 6. The van der Waals surface area contributed by atoms with E-state index < -0.39 is 5.97 Å². The van der Waals surface area contributed by atoms with Crippen molar-refractivity contribution in [1.29, 1.82) is 0 Å². The molecule has 8 heteroatoms. The second kappa shape index (κ2) is 10.0. The van der Waals surface area contributed by atoms with E-state index in [4.69, 9.17) is 9.84 Å². The average molecular weight is 540 g/mol. The Morgan fingerprint density at radius 3 is 2.65 bits per heavy atom. The van der Waals surface area contributed by atoms with Crippen molar-refractivity contribution in [1.82, 2.24) is 14.5 Å². The van der Waals surface area contributed by atoms with Crippen LogP contribution in [0.5, 0.6) is 5.75 Å². The first kappa shape index (κ1) is 25.9. The fourth-order valence-electron chi connectivity index (χ4n) is 6.35. The summed E-state index contributed by atoms with van der Waals surface area (Å²) in [6, 6.07) is 11.2. The molecule has 40 heavy (non-hydrogen) atoms. The fraction of sp³-hybridized carbons (Fsp3) is 0.312. The van der Waals surface area contributed by atoms with Crippen LogP contribution >= 0.6 is 0 Å². The Labute approximate surface area is 231 Å². The minimum absolute atomic E-state index is 0.0120. The van der Waals surface area contributed by atoms with Gasteiger partial charge in [-0.3, -0.25) is 9.78 Å². The van der Waals surface area contributed by atoms with Crippen molar-refractivity contribution in [2.45, 2.75) is 51.4 Å². The highest BCUT2D eigenvalue weighted by atomic mass is 19.1. The first-order chi connectivity index (χ1) is 19.2. The SMILES string of the molecule is Cc1cc(-c2ccn(C)c(=O)n2)cc(C)c1-c1ccc(F)c2c1CC[C@H]2Cc1cc2c(cn1)[C@H](CC(=O)O)CO2. The number of fused-ring (bicyclic) bond motifs is 2. The smallest absolute Gasteiger partial charge is 0.347 e. The molecule has 2 aliphatic rings. The fourth-order valence-corrected chi connectivity index (χ4v) is 6.35. The predicted octanol–water partition coefficient (Wildman–Crippen LogP) is 5.49. The minimum Gasteiger partial charge on any atom is -0.493 e. The minimum atomic E-state index is -0.859. The Bertz CT molecular complexity index is 1710. The molecular formula is C32H30FN3O4. The Morgan fingerprint density at radius 2 is 1.93 bits per heavy atom. The van der Waals surface area contributed by atoms with Gasteiger partial charge in [0.15, 0.2) is 0 Å². The topological polar surface area (TPSA) is 94.3 Å². The van der Waals surface area contributed by atoms with Gasteiger partial charge in [-0.15, -0.1) is 0 Å². The molecule has 0 fully saturated rings. The second-order valence-electron chi connectivity index (χ2n) is 10.9. The van der Waals surface area contributed by atoms with E-state index in [1.807, 2.05) is 44.2 Å². The summed E-state index contributed by atoms with van der Waals surface area (Å²) in [5, 5.41) is 9.16. The quantitative estimate of drug-likeness (QED) is 0.348. The van der Waals surface area contributed by atoms with E-state index in [-0.39, 0.29) is 29.8 Å². The predicted molar refractivity (Wildman–Crippen MR) is 149 cm³/mol. The molecule has 0 saturated heterocycles. The zero-order chi connectivity index (χ0) is 28.1. The molecule has 2 atom stereocenters. The van der Waals surface area contributed by atoms with Crippen molar-refractivity contribution in [3.05, 3.63) is 98.6 Å². The highest BCUT2D eigenvalue weighted by Crippen LogP contribution is 2.44. The van der Waals surface area contributed by atoms with Crippen molar-refractivity contribution >= 4 is 5.97 Å². The molecular weight excluding hydrogens is 509 g/mol. The van der Waals surface area contributed by atoms with E-state index in [1.165, 1.54) is 4.57 Å². The molecule has 0 saturated carbocycles. The van der Waals surface area contributed by atoms with Crippen LogP contribution in [0.4, 0.5) is 4.39 Å². The number of aryl methyl sites for hydroxylation is 3. The molecule has 0 bridgehead atoms. The molecule has 0 amide bonds. The van der Waals surface area contributed by atoms with Gasteiger partial charge in [-0.05, 0) is 96.7 Å². The number of nitrogens with zero attached hydrogens (tertiary/aromatic N) is 3. The Balaban J connectivity index is 1.31.